The number of aromatic hydroxyl groups is 1. The molecule has 0 amide bonds. The topological polar surface area (TPSA) is 146 Å². The summed E-state index contributed by atoms with van der Waals surface area (Å²) in [6, 6.07) is 1.18. The fourth-order valence-corrected chi connectivity index (χ4v) is 3.32. The van der Waals surface area contributed by atoms with Crippen LogP contribution in [-0.4, -0.2) is 68.8 Å². The van der Waals surface area contributed by atoms with Gasteiger partial charge >= 0.3 is 5.97 Å². The van der Waals surface area contributed by atoms with E-state index in [1.165, 1.54) is 6.07 Å². The Bertz CT molecular complexity index is 773. The van der Waals surface area contributed by atoms with E-state index in [0.29, 0.717) is 11.1 Å². The number of rotatable bonds is 3. The molecule has 1 saturated heterocycles. The van der Waals surface area contributed by atoms with Crippen molar-refractivity contribution in [3.63, 3.8) is 0 Å². The highest BCUT2D eigenvalue weighted by Gasteiger charge is 2.45. The fraction of sp³-hybridized carbons (Fsp3) is 0.500. The number of hydrogen-bond donors (Lipinski definition) is 5. The predicted molar refractivity (Wildman–Crippen MR) is 90.2 cm³/mol. The quantitative estimate of drug-likeness (QED) is 0.443. The van der Waals surface area contributed by atoms with Crippen LogP contribution in [0.4, 0.5) is 0 Å². The molecule has 0 aromatic heterocycles. The normalized spacial score (nSPS) is 33.4. The van der Waals surface area contributed by atoms with Crippen LogP contribution in [0.2, 0.25) is 0 Å². The standard InChI is InChI=1S/C18H22O9/c1-6-8(3)25-17(24)13-10(4-9(20)7(2)12(6)13)26-18-16(23)15(22)14(21)11(5-19)27-18/h4,6,11,14-16,18-23H,3,5H2,1-2H3/t6?,11-,14-,15+,16-,18+/m1/s1. The number of cyclic esters (lactones) is 1. The molecule has 3 rings (SSSR count). The third-order valence-electron chi connectivity index (χ3n) is 5.01. The van der Waals surface area contributed by atoms with Crippen LogP contribution in [0.5, 0.6) is 11.5 Å². The first-order valence-corrected chi connectivity index (χ1v) is 8.42. The summed E-state index contributed by atoms with van der Waals surface area (Å²) in [5, 5.41) is 49.4. The monoisotopic (exact) mass is 382 g/mol. The highest BCUT2D eigenvalue weighted by molar-refractivity contribution is 5.97. The molecule has 1 unspecified atom stereocenters. The van der Waals surface area contributed by atoms with E-state index in [4.69, 9.17) is 14.2 Å². The number of ether oxygens (including phenoxy) is 3. The molecule has 1 aromatic carbocycles. The van der Waals surface area contributed by atoms with Crippen molar-refractivity contribution < 1.29 is 44.5 Å². The molecule has 9 nitrogen and oxygen atoms in total. The minimum Gasteiger partial charge on any atom is -0.508 e. The highest BCUT2D eigenvalue weighted by atomic mass is 16.7. The third kappa shape index (κ3) is 3.17. The molecular formula is C18H22O9. The Morgan fingerprint density at radius 1 is 1.22 bits per heavy atom. The number of hydrogen-bond acceptors (Lipinski definition) is 9. The summed E-state index contributed by atoms with van der Waals surface area (Å²) < 4.78 is 16.0. The van der Waals surface area contributed by atoms with Crippen molar-refractivity contribution >= 4 is 5.97 Å². The van der Waals surface area contributed by atoms with Crippen molar-refractivity contribution in [2.45, 2.75) is 50.5 Å². The van der Waals surface area contributed by atoms with E-state index in [1.807, 2.05) is 0 Å². The zero-order chi connectivity index (χ0) is 20.0. The third-order valence-corrected chi connectivity index (χ3v) is 5.01. The van der Waals surface area contributed by atoms with Crippen molar-refractivity contribution in [2.24, 2.45) is 0 Å². The Morgan fingerprint density at radius 2 is 1.89 bits per heavy atom. The summed E-state index contributed by atoms with van der Waals surface area (Å²) in [6.07, 6.45) is -7.51. The highest BCUT2D eigenvalue weighted by Crippen LogP contribution is 2.43. The number of esters is 1. The smallest absolute Gasteiger partial charge is 0.347 e. The molecule has 2 aliphatic heterocycles. The first-order chi connectivity index (χ1) is 12.7. The zero-order valence-electron chi connectivity index (χ0n) is 14.8. The number of aliphatic hydroxyl groups excluding tert-OH is 4. The molecule has 148 valence electrons. The Morgan fingerprint density at radius 3 is 2.52 bits per heavy atom. The van der Waals surface area contributed by atoms with Gasteiger partial charge in [0.2, 0.25) is 6.29 Å². The number of carbonyl (C=O) groups is 1. The Kier molecular flexibility index (Phi) is 5.15. The molecule has 2 aliphatic rings. The van der Waals surface area contributed by atoms with E-state index < -0.39 is 49.2 Å². The minimum absolute atomic E-state index is 0.0437. The van der Waals surface area contributed by atoms with E-state index in [9.17, 15) is 30.3 Å². The van der Waals surface area contributed by atoms with Gasteiger partial charge < -0.3 is 39.7 Å². The molecule has 2 heterocycles. The maximum Gasteiger partial charge on any atom is 0.347 e. The number of phenolic OH excluding ortho intramolecular Hbond substituents is 1. The van der Waals surface area contributed by atoms with Gasteiger partial charge in [-0.2, -0.15) is 0 Å². The Balaban J connectivity index is 2.02. The number of phenols is 1. The maximum atomic E-state index is 12.4. The number of fused-ring (bicyclic) bond motifs is 1. The molecule has 1 fully saturated rings. The summed E-state index contributed by atoms with van der Waals surface area (Å²) in [4.78, 5) is 12.4. The van der Waals surface area contributed by atoms with Crippen LogP contribution < -0.4 is 4.74 Å². The fourth-order valence-electron chi connectivity index (χ4n) is 3.32. The van der Waals surface area contributed by atoms with Gasteiger partial charge in [-0.25, -0.2) is 4.79 Å². The molecule has 9 heteroatoms. The lowest BCUT2D eigenvalue weighted by atomic mass is 9.87. The number of carbonyl (C=O) groups excluding carboxylic acids is 1. The summed E-state index contributed by atoms with van der Waals surface area (Å²) in [6.45, 7) is 6.45. The van der Waals surface area contributed by atoms with Gasteiger partial charge in [-0.15, -0.1) is 0 Å². The van der Waals surface area contributed by atoms with E-state index in [0.717, 1.165) is 0 Å². The number of aliphatic hydroxyl groups is 4. The Hall–Kier alpha value is -2.17. The molecule has 27 heavy (non-hydrogen) atoms. The van der Waals surface area contributed by atoms with Crippen LogP contribution >= 0.6 is 0 Å². The summed E-state index contributed by atoms with van der Waals surface area (Å²) in [5.41, 5.74) is 0.967. The van der Waals surface area contributed by atoms with Gasteiger partial charge in [0, 0.05) is 12.0 Å². The van der Waals surface area contributed by atoms with Gasteiger partial charge in [0.25, 0.3) is 0 Å². The largest absolute Gasteiger partial charge is 0.508 e. The first-order valence-electron chi connectivity index (χ1n) is 8.42. The molecule has 0 spiro atoms. The van der Waals surface area contributed by atoms with Gasteiger partial charge in [0.05, 0.1) is 6.61 Å². The van der Waals surface area contributed by atoms with E-state index in [1.54, 1.807) is 13.8 Å². The van der Waals surface area contributed by atoms with Gasteiger partial charge in [0.15, 0.2) is 0 Å². The lowest BCUT2D eigenvalue weighted by Gasteiger charge is -2.40. The van der Waals surface area contributed by atoms with Gasteiger partial charge in [-0.05, 0) is 18.1 Å². The second kappa shape index (κ2) is 7.10. The van der Waals surface area contributed by atoms with Crippen molar-refractivity contribution in [3.05, 3.63) is 35.1 Å². The van der Waals surface area contributed by atoms with Gasteiger partial charge in [0.1, 0.15) is 47.2 Å². The first kappa shape index (κ1) is 19.6. The van der Waals surface area contributed by atoms with Crippen molar-refractivity contribution in [1.82, 2.24) is 0 Å². The molecule has 0 aliphatic carbocycles. The average Bonchev–Trinajstić information content (AvgIpc) is 2.62. The van der Waals surface area contributed by atoms with E-state index >= 15 is 0 Å². The van der Waals surface area contributed by atoms with Crippen LogP contribution in [0.25, 0.3) is 0 Å². The van der Waals surface area contributed by atoms with E-state index in [-0.39, 0.29) is 22.8 Å². The molecule has 5 N–H and O–H groups in total. The molecule has 6 atom stereocenters. The number of allylic oxidation sites excluding steroid dienone is 1. The van der Waals surface area contributed by atoms with Crippen LogP contribution in [-0.2, 0) is 9.47 Å². The van der Waals surface area contributed by atoms with Crippen molar-refractivity contribution in [1.29, 1.82) is 0 Å². The zero-order valence-corrected chi connectivity index (χ0v) is 14.8. The van der Waals surface area contributed by atoms with Crippen LogP contribution in [0.15, 0.2) is 18.4 Å². The predicted octanol–water partition coefficient (Wildman–Crippen LogP) is -0.333. The van der Waals surface area contributed by atoms with Crippen LogP contribution in [0.1, 0.15) is 34.3 Å². The molecular weight excluding hydrogens is 360 g/mol. The lowest BCUT2D eigenvalue weighted by Crippen LogP contribution is -2.60. The molecule has 0 saturated carbocycles. The van der Waals surface area contributed by atoms with Crippen molar-refractivity contribution in [3.8, 4) is 11.5 Å². The van der Waals surface area contributed by atoms with Crippen LogP contribution in [0.3, 0.4) is 0 Å². The number of benzene rings is 1. The lowest BCUT2D eigenvalue weighted by molar-refractivity contribution is -0.277. The second-order valence-corrected chi connectivity index (χ2v) is 6.70. The Labute approximate surface area is 155 Å². The van der Waals surface area contributed by atoms with Gasteiger partial charge in [-0.3, -0.25) is 0 Å². The molecule has 0 bridgehead atoms. The van der Waals surface area contributed by atoms with Crippen LogP contribution in [0, 0.1) is 6.92 Å². The second-order valence-electron chi connectivity index (χ2n) is 6.70. The maximum absolute atomic E-state index is 12.4. The van der Waals surface area contributed by atoms with Gasteiger partial charge in [-0.1, -0.05) is 13.5 Å². The summed E-state index contributed by atoms with van der Waals surface area (Å²) in [5.74, 6) is -1.19. The minimum atomic E-state index is -1.66. The molecule has 0 radical (unpaired) electrons. The average molecular weight is 382 g/mol. The van der Waals surface area contributed by atoms with E-state index in [2.05, 4.69) is 6.58 Å². The SMILES string of the molecule is C=C1OC(=O)c2c(O[C@H]3O[C@H](CO)[C@@H](O)[C@H](O)[C@H]3O)cc(O)c(C)c2C1C. The molecule has 1 aromatic rings. The summed E-state index contributed by atoms with van der Waals surface area (Å²) >= 11 is 0. The van der Waals surface area contributed by atoms with Crippen molar-refractivity contribution in [2.75, 3.05) is 6.61 Å². The summed E-state index contributed by atoms with van der Waals surface area (Å²) in [7, 11) is 0.